The Morgan fingerprint density at radius 2 is 1.85 bits per heavy atom. The van der Waals surface area contributed by atoms with E-state index in [4.69, 9.17) is 9.47 Å². The van der Waals surface area contributed by atoms with Crippen LogP contribution in [-0.4, -0.2) is 13.1 Å². The fourth-order valence-electron chi connectivity index (χ4n) is 1.56. The van der Waals surface area contributed by atoms with E-state index in [0.29, 0.717) is 5.75 Å². The van der Waals surface area contributed by atoms with Crippen LogP contribution in [0, 0.1) is 3.57 Å². The van der Waals surface area contributed by atoms with Gasteiger partial charge in [-0.3, -0.25) is 0 Å². The average molecular weight is 380 g/mol. The predicted octanol–water partition coefficient (Wildman–Crippen LogP) is 3.92. The molecule has 20 heavy (non-hydrogen) atoms. The van der Waals surface area contributed by atoms with Crippen molar-refractivity contribution in [2.24, 2.45) is 0 Å². The zero-order valence-electron chi connectivity index (χ0n) is 10.9. The van der Waals surface area contributed by atoms with Crippen LogP contribution >= 0.6 is 22.6 Å². The van der Waals surface area contributed by atoms with Gasteiger partial charge in [-0.05, 0) is 70.6 Å². The summed E-state index contributed by atoms with van der Waals surface area (Å²) in [5, 5.41) is 0. The molecule has 2 rings (SSSR count). The number of esters is 1. The van der Waals surface area contributed by atoms with Crippen LogP contribution in [-0.2, 0) is 4.79 Å². The molecule has 0 aliphatic carbocycles. The second kappa shape index (κ2) is 7.09. The van der Waals surface area contributed by atoms with Crippen LogP contribution in [0.2, 0.25) is 0 Å². The van der Waals surface area contributed by atoms with E-state index in [2.05, 4.69) is 22.6 Å². The van der Waals surface area contributed by atoms with Crippen LogP contribution in [0.5, 0.6) is 11.5 Å². The SMILES string of the molecule is COc1cccc(/C=C/C(=O)Oc2ccc(I)cc2)c1. The van der Waals surface area contributed by atoms with Crippen LogP contribution in [0.3, 0.4) is 0 Å². The van der Waals surface area contributed by atoms with E-state index in [-0.39, 0.29) is 0 Å². The van der Waals surface area contributed by atoms with Crippen molar-refractivity contribution in [1.82, 2.24) is 0 Å². The molecule has 0 fully saturated rings. The Bertz CT molecular complexity index is 618. The highest BCUT2D eigenvalue weighted by Gasteiger charge is 2.00. The lowest BCUT2D eigenvalue weighted by Crippen LogP contribution is -2.03. The molecule has 0 saturated carbocycles. The van der Waals surface area contributed by atoms with Gasteiger partial charge in [-0.15, -0.1) is 0 Å². The zero-order valence-corrected chi connectivity index (χ0v) is 13.0. The molecule has 0 N–H and O–H groups in total. The van der Waals surface area contributed by atoms with Crippen LogP contribution in [0.25, 0.3) is 6.08 Å². The van der Waals surface area contributed by atoms with E-state index in [1.54, 1.807) is 25.3 Å². The first-order valence-corrected chi connectivity index (χ1v) is 7.05. The standard InChI is InChI=1S/C16H13IO3/c1-19-15-4-2-3-12(11-15)5-10-16(18)20-14-8-6-13(17)7-9-14/h2-11H,1H3/b10-5+. The maximum Gasteiger partial charge on any atom is 0.336 e. The van der Waals surface area contributed by atoms with Crippen molar-refractivity contribution in [2.45, 2.75) is 0 Å². The quantitative estimate of drug-likeness (QED) is 0.349. The van der Waals surface area contributed by atoms with Gasteiger partial charge in [0, 0.05) is 9.65 Å². The fourth-order valence-corrected chi connectivity index (χ4v) is 1.92. The molecule has 0 unspecified atom stereocenters. The number of carbonyl (C=O) groups excluding carboxylic acids is 1. The van der Waals surface area contributed by atoms with Gasteiger partial charge in [-0.2, -0.15) is 0 Å². The van der Waals surface area contributed by atoms with Crippen LogP contribution in [0.15, 0.2) is 54.6 Å². The van der Waals surface area contributed by atoms with E-state index in [9.17, 15) is 4.79 Å². The largest absolute Gasteiger partial charge is 0.497 e. The Labute approximate surface area is 131 Å². The number of rotatable bonds is 4. The molecule has 3 nitrogen and oxygen atoms in total. The Balaban J connectivity index is 1.99. The monoisotopic (exact) mass is 380 g/mol. The lowest BCUT2D eigenvalue weighted by molar-refractivity contribution is -0.128. The number of hydrogen-bond acceptors (Lipinski definition) is 3. The van der Waals surface area contributed by atoms with Crippen molar-refractivity contribution in [3.8, 4) is 11.5 Å². The minimum Gasteiger partial charge on any atom is -0.497 e. The number of carbonyl (C=O) groups is 1. The highest BCUT2D eigenvalue weighted by Crippen LogP contribution is 2.15. The van der Waals surface area contributed by atoms with Gasteiger partial charge in [0.15, 0.2) is 0 Å². The summed E-state index contributed by atoms with van der Waals surface area (Å²) in [5.41, 5.74) is 0.879. The lowest BCUT2D eigenvalue weighted by atomic mass is 10.2. The molecular formula is C16H13IO3. The summed E-state index contributed by atoms with van der Waals surface area (Å²) in [6.45, 7) is 0. The van der Waals surface area contributed by atoms with E-state index >= 15 is 0 Å². The first-order valence-electron chi connectivity index (χ1n) is 5.97. The first-order chi connectivity index (χ1) is 9.67. The van der Waals surface area contributed by atoms with Gasteiger partial charge < -0.3 is 9.47 Å². The van der Waals surface area contributed by atoms with Gasteiger partial charge in [-0.25, -0.2) is 4.79 Å². The predicted molar refractivity (Wildman–Crippen MR) is 86.8 cm³/mol. The van der Waals surface area contributed by atoms with Gasteiger partial charge in [0.05, 0.1) is 7.11 Å². The normalized spacial score (nSPS) is 10.5. The maximum atomic E-state index is 11.7. The Morgan fingerprint density at radius 3 is 2.55 bits per heavy atom. The molecule has 0 aliphatic heterocycles. The van der Waals surface area contributed by atoms with Crippen LogP contribution < -0.4 is 9.47 Å². The number of halogens is 1. The Morgan fingerprint density at radius 1 is 1.10 bits per heavy atom. The van der Waals surface area contributed by atoms with Gasteiger partial charge in [0.2, 0.25) is 0 Å². The van der Waals surface area contributed by atoms with Gasteiger partial charge in [0.25, 0.3) is 0 Å². The van der Waals surface area contributed by atoms with E-state index in [1.165, 1.54) is 6.08 Å². The molecule has 102 valence electrons. The zero-order chi connectivity index (χ0) is 14.4. The second-order valence-corrected chi connectivity index (χ2v) is 5.23. The summed E-state index contributed by atoms with van der Waals surface area (Å²) in [4.78, 5) is 11.7. The maximum absolute atomic E-state index is 11.7. The third kappa shape index (κ3) is 4.38. The Hall–Kier alpha value is -1.82. The molecule has 0 heterocycles. The molecule has 0 amide bonds. The fraction of sp³-hybridized carbons (Fsp3) is 0.0625. The molecule has 0 aromatic heterocycles. The number of benzene rings is 2. The highest BCUT2D eigenvalue weighted by atomic mass is 127. The van der Waals surface area contributed by atoms with Crippen molar-refractivity contribution in [3.63, 3.8) is 0 Å². The van der Waals surface area contributed by atoms with Crippen LogP contribution in [0.4, 0.5) is 0 Å². The van der Waals surface area contributed by atoms with Crippen molar-refractivity contribution in [2.75, 3.05) is 7.11 Å². The second-order valence-electron chi connectivity index (χ2n) is 3.98. The summed E-state index contributed by atoms with van der Waals surface area (Å²) in [6.07, 6.45) is 3.09. The van der Waals surface area contributed by atoms with Crippen molar-refractivity contribution in [1.29, 1.82) is 0 Å². The van der Waals surface area contributed by atoms with Crippen molar-refractivity contribution < 1.29 is 14.3 Å². The van der Waals surface area contributed by atoms with Crippen molar-refractivity contribution >= 4 is 34.6 Å². The first kappa shape index (κ1) is 14.6. The molecule has 0 atom stereocenters. The molecule has 2 aromatic carbocycles. The third-order valence-electron chi connectivity index (χ3n) is 2.54. The summed E-state index contributed by atoms with van der Waals surface area (Å²) >= 11 is 2.19. The van der Waals surface area contributed by atoms with Gasteiger partial charge in [-0.1, -0.05) is 12.1 Å². The van der Waals surface area contributed by atoms with E-state index in [1.807, 2.05) is 36.4 Å². The molecule has 0 aliphatic rings. The van der Waals surface area contributed by atoms with Crippen LogP contribution in [0.1, 0.15) is 5.56 Å². The minimum absolute atomic E-state index is 0.408. The lowest BCUT2D eigenvalue weighted by Gasteiger charge is -2.01. The number of hydrogen-bond donors (Lipinski definition) is 0. The average Bonchev–Trinajstić information content (AvgIpc) is 2.48. The molecule has 4 heteroatoms. The summed E-state index contributed by atoms with van der Waals surface area (Å²) in [6, 6.07) is 14.7. The highest BCUT2D eigenvalue weighted by molar-refractivity contribution is 14.1. The third-order valence-corrected chi connectivity index (χ3v) is 3.26. The number of methoxy groups -OCH3 is 1. The smallest absolute Gasteiger partial charge is 0.336 e. The molecule has 0 spiro atoms. The minimum atomic E-state index is -0.408. The van der Waals surface area contributed by atoms with Gasteiger partial charge in [0.1, 0.15) is 11.5 Å². The van der Waals surface area contributed by atoms with E-state index < -0.39 is 5.97 Å². The molecule has 0 radical (unpaired) electrons. The topological polar surface area (TPSA) is 35.5 Å². The number of ether oxygens (including phenoxy) is 2. The summed E-state index contributed by atoms with van der Waals surface area (Å²) in [5.74, 6) is 0.873. The Kier molecular flexibility index (Phi) is 5.17. The summed E-state index contributed by atoms with van der Waals surface area (Å²) < 4.78 is 11.4. The summed E-state index contributed by atoms with van der Waals surface area (Å²) in [7, 11) is 1.61. The van der Waals surface area contributed by atoms with E-state index in [0.717, 1.165) is 14.9 Å². The molecule has 0 bridgehead atoms. The van der Waals surface area contributed by atoms with Gasteiger partial charge >= 0.3 is 5.97 Å². The molecular weight excluding hydrogens is 367 g/mol. The molecule has 2 aromatic rings. The van der Waals surface area contributed by atoms with Crippen molar-refractivity contribution in [3.05, 3.63) is 63.7 Å². The molecule has 0 saturated heterocycles.